The van der Waals surface area contributed by atoms with Crippen molar-refractivity contribution in [2.45, 2.75) is 38.4 Å². The molecule has 0 spiro atoms. The molecule has 2 aliphatic heterocycles. The fraction of sp³-hybridized carbons (Fsp3) is 1.00. The van der Waals surface area contributed by atoms with Gasteiger partial charge in [0, 0.05) is 18.4 Å². The van der Waals surface area contributed by atoms with Gasteiger partial charge in [-0.3, -0.25) is 0 Å². The van der Waals surface area contributed by atoms with Crippen molar-refractivity contribution in [1.82, 2.24) is 4.90 Å². The minimum atomic E-state index is 0.495. The molecule has 2 saturated heterocycles. The zero-order chi connectivity index (χ0) is 9.97. The van der Waals surface area contributed by atoms with Crippen LogP contribution in [0.3, 0.4) is 0 Å². The van der Waals surface area contributed by atoms with Crippen LogP contribution in [0.1, 0.15) is 26.2 Å². The molecule has 0 aliphatic carbocycles. The number of halogens is 1. The summed E-state index contributed by atoms with van der Waals surface area (Å²) in [5.41, 5.74) is 0. The summed E-state index contributed by atoms with van der Waals surface area (Å²) in [6, 6.07) is 0. The van der Waals surface area contributed by atoms with Gasteiger partial charge in [0.15, 0.2) is 0 Å². The molecule has 0 saturated carbocycles. The third kappa shape index (κ3) is 2.71. The Morgan fingerprint density at radius 3 is 2.79 bits per heavy atom. The average molecular weight is 262 g/mol. The molecule has 0 radical (unpaired) electrons. The summed E-state index contributed by atoms with van der Waals surface area (Å²) in [7, 11) is 0. The van der Waals surface area contributed by atoms with Crippen molar-refractivity contribution in [3.8, 4) is 0 Å². The van der Waals surface area contributed by atoms with Crippen molar-refractivity contribution in [2.75, 3.05) is 25.0 Å². The SMILES string of the molecule is CC1CCC(CN2CCC(CBr)C2)O1. The Kier molecular flexibility index (Phi) is 3.86. The lowest BCUT2D eigenvalue weighted by atomic mass is 10.2. The second-order valence-corrected chi connectivity index (χ2v) is 5.36. The lowest BCUT2D eigenvalue weighted by Crippen LogP contribution is -2.30. The molecule has 0 N–H and O–H groups in total. The first-order valence-electron chi connectivity index (χ1n) is 5.71. The molecule has 3 unspecified atom stereocenters. The number of hydrogen-bond donors (Lipinski definition) is 0. The average Bonchev–Trinajstić information content (AvgIpc) is 2.76. The van der Waals surface area contributed by atoms with Crippen LogP contribution in [0.4, 0.5) is 0 Å². The third-order valence-electron chi connectivity index (χ3n) is 3.37. The second kappa shape index (κ2) is 4.95. The van der Waals surface area contributed by atoms with Gasteiger partial charge in [-0.15, -0.1) is 0 Å². The van der Waals surface area contributed by atoms with Crippen molar-refractivity contribution < 1.29 is 4.74 Å². The van der Waals surface area contributed by atoms with Crippen LogP contribution in [0.25, 0.3) is 0 Å². The van der Waals surface area contributed by atoms with Crippen molar-refractivity contribution >= 4 is 15.9 Å². The Hall–Kier alpha value is 0.400. The van der Waals surface area contributed by atoms with Crippen molar-refractivity contribution in [2.24, 2.45) is 5.92 Å². The first-order valence-corrected chi connectivity index (χ1v) is 6.84. The minimum absolute atomic E-state index is 0.495. The van der Waals surface area contributed by atoms with E-state index >= 15 is 0 Å². The fourth-order valence-corrected chi connectivity index (χ4v) is 3.04. The number of nitrogens with zero attached hydrogens (tertiary/aromatic N) is 1. The van der Waals surface area contributed by atoms with Crippen LogP contribution in [0.2, 0.25) is 0 Å². The van der Waals surface area contributed by atoms with Gasteiger partial charge in [0.05, 0.1) is 12.2 Å². The highest BCUT2D eigenvalue weighted by Gasteiger charge is 2.27. The highest BCUT2D eigenvalue weighted by Crippen LogP contribution is 2.23. The van der Waals surface area contributed by atoms with Crippen LogP contribution in [0.15, 0.2) is 0 Å². The molecule has 2 rings (SSSR count). The summed E-state index contributed by atoms with van der Waals surface area (Å²) in [5.74, 6) is 0.869. The minimum Gasteiger partial charge on any atom is -0.374 e. The van der Waals surface area contributed by atoms with E-state index in [9.17, 15) is 0 Å². The number of rotatable bonds is 3. The van der Waals surface area contributed by atoms with Gasteiger partial charge in [0.1, 0.15) is 0 Å². The van der Waals surface area contributed by atoms with E-state index in [-0.39, 0.29) is 0 Å². The standard InChI is InChI=1S/C11H20BrNO/c1-9-2-3-11(14-9)8-13-5-4-10(6-12)7-13/h9-11H,2-8H2,1H3. The second-order valence-electron chi connectivity index (χ2n) is 4.71. The molecule has 14 heavy (non-hydrogen) atoms. The Morgan fingerprint density at radius 1 is 1.36 bits per heavy atom. The van der Waals surface area contributed by atoms with Crippen molar-refractivity contribution in [3.05, 3.63) is 0 Å². The Bertz CT molecular complexity index is 188. The summed E-state index contributed by atoms with van der Waals surface area (Å²) in [6.45, 7) is 5.88. The van der Waals surface area contributed by atoms with E-state index in [0.717, 1.165) is 17.8 Å². The van der Waals surface area contributed by atoms with Gasteiger partial charge in [-0.25, -0.2) is 0 Å². The molecule has 0 aromatic heterocycles. The highest BCUT2D eigenvalue weighted by molar-refractivity contribution is 9.09. The predicted octanol–water partition coefficient (Wildman–Crippen LogP) is 2.27. The molecule has 3 heteroatoms. The fourth-order valence-electron chi connectivity index (χ4n) is 2.51. The molecule has 3 atom stereocenters. The first kappa shape index (κ1) is 10.9. The normalized spacial score (nSPS) is 39.4. The highest BCUT2D eigenvalue weighted by atomic mass is 79.9. The topological polar surface area (TPSA) is 12.5 Å². The lowest BCUT2D eigenvalue weighted by Gasteiger charge is -2.20. The van der Waals surface area contributed by atoms with E-state index in [0.29, 0.717) is 12.2 Å². The molecule has 2 fully saturated rings. The van der Waals surface area contributed by atoms with Gasteiger partial charge < -0.3 is 9.64 Å². The molecule has 0 bridgehead atoms. The number of alkyl halides is 1. The Balaban J connectivity index is 1.71. The monoisotopic (exact) mass is 261 g/mol. The van der Waals surface area contributed by atoms with E-state index < -0.39 is 0 Å². The number of hydrogen-bond acceptors (Lipinski definition) is 2. The summed E-state index contributed by atoms with van der Waals surface area (Å²) < 4.78 is 5.84. The van der Waals surface area contributed by atoms with Crippen LogP contribution in [-0.4, -0.2) is 42.1 Å². The van der Waals surface area contributed by atoms with E-state index in [1.165, 1.54) is 32.4 Å². The van der Waals surface area contributed by atoms with E-state index in [2.05, 4.69) is 27.8 Å². The molecular weight excluding hydrogens is 242 g/mol. The van der Waals surface area contributed by atoms with Crippen LogP contribution < -0.4 is 0 Å². The first-order chi connectivity index (χ1) is 6.78. The summed E-state index contributed by atoms with van der Waals surface area (Å²) in [4.78, 5) is 2.56. The molecule has 82 valence electrons. The van der Waals surface area contributed by atoms with Crippen molar-refractivity contribution in [3.63, 3.8) is 0 Å². The maximum atomic E-state index is 5.84. The molecule has 0 aromatic rings. The third-order valence-corrected chi connectivity index (χ3v) is 4.29. The Labute approximate surface area is 95.1 Å². The lowest BCUT2D eigenvalue weighted by molar-refractivity contribution is 0.0356. The molecule has 0 aromatic carbocycles. The van der Waals surface area contributed by atoms with E-state index in [1.807, 2.05) is 0 Å². The van der Waals surface area contributed by atoms with Crippen LogP contribution in [-0.2, 0) is 4.74 Å². The largest absolute Gasteiger partial charge is 0.374 e. The number of likely N-dealkylation sites (tertiary alicyclic amines) is 1. The van der Waals surface area contributed by atoms with E-state index in [4.69, 9.17) is 4.74 Å². The molecule has 0 amide bonds. The summed E-state index contributed by atoms with van der Waals surface area (Å²) in [6.07, 6.45) is 4.87. The van der Waals surface area contributed by atoms with Crippen LogP contribution in [0.5, 0.6) is 0 Å². The Morgan fingerprint density at radius 2 is 2.21 bits per heavy atom. The predicted molar refractivity (Wildman–Crippen MR) is 61.9 cm³/mol. The van der Waals surface area contributed by atoms with Gasteiger partial charge in [-0.1, -0.05) is 15.9 Å². The quantitative estimate of drug-likeness (QED) is 0.723. The van der Waals surface area contributed by atoms with Crippen LogP contribution in [0, 0.1) is 5.92 Å². The van der Waals surface area contributed by atoms with Gasteiger partial charge in [-0.2, -0.15) is 0 Å². The molecule has 2 nitrogen and oxygen atoms in total. The summed E-state index contributed by atoms with van der Waals surface area (Å²) >= 11 is 3.57. The van der Waals surface area contributed by atoms with Gasteiger partial charge in [0.2, 0.25) is 0 Å². The maximum Gasteiger partial charge on any atom is 0.0706 e. The number of ether oxygens (including phenoxy) is 1. The van der Waals surface area contributed by atoms with Gasteiger partial charge in [0.25, 0.3) is 0 Å². The van der Waals surface area contributed by atoms with E-state index in [1.54, 1.807) is 0 Å². The van der Waals surface area contributed by atoms with Crippen LogP contribution >= 0.6 is 15.9 Å². The molecular formula is C11H20BrNO. The van der Waals surface area contributed by atoms with Gasteiger partial charge in [-0.05, 0) is 38.6 Å². The molecule has 2 aliphatic rings. The molecule has 2 heterocycles. The smallest absolute Gasteiger partial charge is 0.0706 e. The van der Waals surface area contributed by atoms with Crippen molar-refractivity contribution in [1.29, 1.82) is 0 Å². The zero-order valence-electron chi connectivity index (χ0n) is 8.92. The summed E-state index contributed by atoms with van der Waals surface area (Å²) in [5, 5.41) is 1.16. The maximum absolute atomic E-state index is 5.84. The zero-order valence-corrected chi connectivity index (χ0v) is 10.5. The van der Waals surface area contributed by atoms with Gasteiger partial charge >= 0.3 is 0 Å².